The molecule has 0 unspecified atom stereocenters. The second-order valence-corrected chi connectivity index (χ2v) is 6.04. The van der Waals surface area contributed by atoms with Gasteiger partial charge in [0.25, 0.3) is 0 Å². The average Bonchev–Trinajstić information content (AvgIpc) is 2.69. The largest absolute Gasteiger partial charge is 0.493 e. The number of rotatable bonds is 9. The van der Waals surface area contributed by atoms with Crippen molar-refractivity contribution >= 4 is 35.3 Å². The van der Waals surface area contributed by atoms with Crippen LogP contribution in [0.2, 0.25) is 5.02 Å². The van der Waals surface area contributed by atoms with Gasteiger partial charge >= 0.3 is 0 Å². The number of amides is 2. The Hall–Kier alpha value is -3.06. The maximum Gasteiger partial charge on any atom is 0.240 e. The van der Waals surface area contributed by atoms with Gasteiger partial charge in [-0.3, -0.25) is 9.59 Å². The van der Waals surface area contributed by atoms with Gasteiger partial charge in [-0.2, -0.15) is 5.10 Å². The standard InChI is InChI=1S/C20H22ClN3O4/c1-3-28-20-14(7-6-10-17(20)27-2)13-22-24-19(26)12-11-18(25)23-16-9-5-4-8-15(16)21/h4-10,13H,3,11-12H2,1-2H3,(H,23,25)(H,24,26). The van der Waals surface area contributed by atoms with E-state index in [1.807, 2.05) is 6.92 Å². The number of nitrogens with zero attached hydrogens (tertiary/aromatic N) is 1. The summed E-state index contributed by atoms with van der Waals surface area (Å²) >= 11 is 5.98. The third-order valence-electron chi connectivity index (χ3n) is 3.64. The van der Waals surface area contributed by atoms with Crippen LogP contribution in [-0.4, -0.2) is 31.7 Å². The van der Waals surface area contributed by atoms with Crippen LogP contribution < -0.4 is 20.2 Å². The third-order valence-corrected chi connectivity index (χ3v) is 3.97. The van der Waals surface area contributed by atoms with Gasteiger partial charge in [0, 0.05) is 18.4 Å². The van der Waals surface area contributed by atoms with E-state index >= 15 is 0 Å². The topological polar surface area (TPSA) is 89.0 Å². The molecule has 0 radical (unpaired) electrons. The predicted octanol–water partition coefficient (Wildman–Crippen LogP) is 3.62. The zero-order valence-corrected chi connectivity index (χ0v) is 16.5. The van der Waals surface area contributed by atoms with Crippen LogP contribution in [0.5, 0.6) is 11.5 Å². The first-order valence-corrected chi connectivity index (χ1v) is 9.09. The highest BCUT2D eigenvalue weighted by Gasteiger charge is 2.10. The second-order valence-electron chi connectivity index (χ2n) is 5.63. The molecule has 28 heavy (non-hydrogen) atoms. The molecule has 2 aromatic rings. The Morgan fingerprint density at radius 2 is 1.86 bits per heavy atom. The fourth-order valence-corrected chi connectivity index (χ4v) is 2.51. The number of benzene rings is 2. The maximum absolute atomic E-state index is 11.9. The number of para-hydroxylation sites is 2. The van der Waals surface area contributed by atoms with Gasteiger partial charge in [0.1, 0.15) is 0 Å². The van der Waals surface area contributed by atoms with E-state index in [0.29, 0.717) is 34.4 Å². The van der Waals surface area contributed by atoms with E-state index < -0.39 is 0 Å². The predicted molar refractivity (Wildman–Crippen MR) is 109 cm³/mol. The molecule has 7 nitrogen and oxygen atoms in total. The zero-order chi connectivity index (χ0) is 20.4. The highest BCUT2D eigenvalue weighted by atomic mass is 35.5. The normalized spacial score (nSPS) is 10.5. The molecule has 0 fully saturated rings. The molecule has 8 heteroatoms. The Bertz CT molecular complexity index is 855. The van der Waals surface area contributed by atoms with Crippen molar-refractivity contribution in [3.8, 4) is 11.5 Å². The zero-order valence-electron chi connectivity index (χ0n) is 15.7. The van der Waals surface area contributed by atoms with Crippen molar-refractivity contribution in [1.29, 1.82) is 0 Å². The number of ether oxygens (including phenoxy) is 2. The lowest BCUT2D eigenvalue weighted by Crippen LogP contribution is -2.20. The van der Waals surface area contributed by atoms with Gasteiger partial charge in [0.05, 0.1) is 30.6 Å². The van der Waals surface area contributed by atoms with Crippen molar-refractivity contribution in [3.05, 3.63) is 53.1 Å². The summed E-state index contributed by atoms with van der Waals surface area (Å²) in [6.07, 6.45) is 1.47. The summed E-state index contributed by atoms with van der Waals surface area (Å²) in [6.45, 7) is 2.33. The van der Waals surface area contributed by atoms with Crippen LogP contribution in [0.1, 0.15) is 25.3 Å². The highest BCUT2D eigenvalue weighted by molar-refractivity contribution is 6.33. The fourth-order valence-electron chi connectivity index (χ4n) is 2.33. The van der Waals surface area contributed by atoms with E-state index in [0.717, 1.165) is 0 Å². The maximum atomic E-state index is 11.9. The minimum absolute atomic E-state index is 0.00985. The third kappa shape index (κ3) is 6.28. The number of nitrogens with one attached hydrogen (secondary N) is 2. The van der Waals surface area contributed by atoms with E-state index in [9.17, 15) is 9.59 Å². The van der Waals surface area contributed by atoms with Gasteiger partial charge in [-0.15, -0.1) is 0 Å². The molecule has 0 aliphatic rings. The number of methoxy groups -OCH3 is 1. The van der Waals surface area contributed by atoms with Gasteiger partial charge < -0.3 is 14.8 Å². The van der Waals surface area contributed by atoms with Crippen LogP contribution >= 0.6 is 11.6 Å². The molecule has 0 saturated heterocycles. The van der Waals surface area contributed by atoms with E-state index in [4.69, 9.17) is 21.1 Å². The fraction of sp³-hybridized carbons (Fsp3) is 0.250. The molecular weight excluding hydrogens is 382 g/mol. The SMILES string of the molecule is CCOc1c(C=NNC(=O)CCC(=O)Nc2ccccc2Cl)cccc1OC. The summed E-state index contributed by atoms with van der Waals surface area (Å²) in [7, 11) is 1.55. The number of hydrogen-bond acceptors (Lipinski definition) is 5. The molecule has 0 atom stereocenters. The molecule has 2 aromatic carbocycles. The summed E-state index contributed by atoms with van der Waals surface area (Å²) in [4.78, 5) is 23.8. The van der Waals surface area contributed by atoms with Crippen LogP contribution in [-0.2, 0) is 9.59 Å². The lowest BCUT2D eigenvalue weighted by Gasteiger charge is -2.11. The van der Waals surface area contributed by atoms with Gasteiger partial charge in [-0.1, -0.05) is 29.8 Å². The van der Waals surface area contributed by atoms with Crippen molar-refractivity contribution in [1.82, 2.24) is 5.43 Å². The summed E-state index contributed by atoms with van der Waals surface area (Å²) in [6, 6.07) is 12.3. The first-order valence-electron chi connectivity index (χ1n) is 8.71. The average molecular weight is 404 g/mol. The number of carbonyl (C=O) groups excluding carboxylic acids is 2. The number of carbonyl (C=O) groups is 2. The Labute approximate surface area is 168 Å². The van der Waals surface area contributed by atoms with Crippen LogP contribution in [0.15, 0.2) is 47.6 Å². The van der Waals surface area contributed by atoms with Crippen LogP contribution in [0.3, 0.4) is 0 Å². The van der Waals surface area contributed by atoms with Gasteiger partial charge in [-0.05, 0) is 31.2 Å². The lowest BCUT2D eigenvalue weighted by atomic mass is 10.2. The highest BCUT2D eigenvalue weighted by Crippen LogP contribution is 2.29. The molecule has 0 spiro atoms. The van der Waals surface area contributed by atoms with Crippen molar-refractivity contribution in [2.45, 2.75) is 19.8 Å². The van der Waals surface area contributed by atoms with E-state index in [1.54, 1.807) is 49.6 Å². The van der Waals surface area contributed by atoms with E-state index in [1.165, 1.54) is 6.21 Å². The Morgan fingerprint density at radius 3 is 2.57 bits per heavy atom. The molecule has 2 rings (SSSR count). The molecule has 0 aliphatic heterocycles. The molecule has 0 aliphatic carbocycles. The summed E-state index contributed by atoms with van der Waals surface area (Å²) in [5.74, 6) is 0.433. The van der Waals surface area contributed by atoms with Crippen LogP contribution in [0.25, 0.3) is 0 Å². The molecule has 0 aromatic heterocycles. The smallest absolute Gasteiger partial charge is 0.240 e. The summed E-state index contributed by atoms with van der Waals surface area (Å²) < 4.78 is 10.8. The number of hydrazone groups is 1. The van der Waals surface area contributed by atoms with E-state index in [2.05, 4.69) is 15.8 Å². The van der Waals surface area contributed by atoms with Crippen molar-refractivity contribution in [2.75, 3.05) is 19.0 Å². The summed E-state index contributed by atoms with van der Waals surface area (Å²) in [5.41, 5.74) is 3.57. The molecular formula is C20H22ClN3O4. The first kappa shape index (κ1) is 21.2. The van der Waals surface area contributed by atoms with Gasteiger partial charge in [-0.25, -0.2) is 5.43 Å². The Kier molecular flexibility index (Phi) is 8.30. The first-order chi connectivity index (χ1) is 13.5. The molecule has 0 bridgehead atoms. The molecule has 2 amide bonds. The van der Waals surface area contributed by atoms with Crippen LogP contribution in [0.4, 0.5) is 5.69 Å². The minimum Gasteiger partial charge on any atom is -0.493 e. The molecule has 148 valence electrons. The molecule has 0 heterocycles. The summed E-state index contributed by atoms with van der Waals surface area (Å²) in [5, 5.41) is 7.02. The molecule has 0 saturated carbocycles. The Morgan fingerprint density at radius 1 is 1.11 bits per heavy atom. The van der Waals surface area contributed by atoms with Crippen LogP contribution in [0, 0.1) is 0 Å². The second kappa shape index (κ2) is 10.9. The van der Waals surface area contributed by atoms with E-state index in [-0.39, 0.29) is 24.7 Å². The molecule has 2 N–H and O–H groups in total. The van der Waals surface area contributed by atoms with Crippen molar-refractivity contribution in [2.24, 2.45) is 5.10 Å². The number of halogens is 1. The van der Waals surface area contributed by atoms with Gasteiger partial charge in [0.2, 0.25) is 11.8 Å². The lowest BCUT2D eigenvalue weighted by molar-refractivity contribution is -0.124. The minimum atomic E-state index is -0.383. The van der Waals surface area contributed by atoms with Crippen molar-refractivity contribution < 1.29 is 19.1 Å². The Balaban J connectivity index is 1.85. The van der Waals surface area contributed by atoms with Gasteiger partial charge in [0.15, 0.2) is 11.5 Å². The number of anilines is 1. The quantitative estimate of drug-likeness (QED) is 0.494. The monoisotopic (exact) mass is 403 g/mol. The number of hydrogen-bond donors (Lipinski definition) is 2. The van der Waals surface area contributed by atoms with Crippen molar-refractivity contribution in [3.63, 3.8) is 0 Å².